The summed E-state index contributed by atoms with van der Waals surface area (Å²) < 4.78 is 38.2. The number of ether oxygens (including phenoxy) is 4. The van der Waals surface area contributed by atoms with Gasteiger partial charge in [0.2, 0.25) is 19.8 Å². The predicted octanol–water partition coefficient (Wildman–Crippen LogP) is 7.52. The first-order valence-electron chi connectivity index (χ1n) is 23.9. The third kappa shape index (κ3) is 7.26. The maximum Gasteiger partial charge on any atom is 4.00 e. The van der Waals surface area contributed by atoms with E-state index in [-0.39, 0.29) is 55.6 Å². The Morgan fingerprint density at radius 1 is 0.533 bits per heavy atom. The van der Waals surface area contributed by atoms with Crippen molar-refractivity contribution in [2.24, 2.45) is 7.05 Å². The third-order valence-electron chi connectivity index (χ3n) is 14.2. The summed E-state index contributed by atoms with van der Waals surface area (Å²) in [5.74, 6) is 5.42. The summed E-state index contributed by atoms with van der Waals surface area (Å²) in [7, 11) is 2.00. The SMILES string of the molecule is Cc1nn(-c2[c-]c3c(nc2)Oc2cccc4c2B3c2[c-]c(-c3[c-]c(-c5[c-]c6c(cc5)Oc5cccc7c5B6c5[c-]c(-n6[c-][n+](C)c(-c8ccccc8)c6C)cnc5O7)[c-]o3)ccc2O4)c(C)c1-c1ccccc1.[Pt+4].[Pt]. The van der Waals surface area contributed by atoms with Crippen LogP contribution in [0.3, 0.4) is 0 Å². The van der Waals surface area contributed by atoms with E-state index < -0.39 is 0 Å². The fourth-order valence-electron chi connectivity index (χ4n) is 11.0. The molecule has 0 aliphatic carbocycles. The Balaban J connectivity index is 0.00000270. The molecule has 5 aromatic heterocycles. The van der Waals surface area contributed by atoms with Gasteiger partial charge in [-0.15, -0.1) is 40.2 Å². The molecule has 0 spiro atoms. The number of furan rings is 1. The smallest absolute Gasteiger partial charge is 0.649 e. The van der Waals surface area contributed by atoms with Gasteiger partial charge in [0.15, 0.2) is 0 Å². The van der Waals surface area contributed by atoms with Crippen molar-refractivity contribution in [1.82, 2.24) is 24.3 Å². The Morgan fingerprint density at radius 3 is 1.71 bits per heavy atom. The molecular weight excluding hydrogens is 1300 g/mol. The molecule has 4 aliphatic rings. The van der Waals surface area contributed by atoms with Crippen molar-refractivity contribution < 1.29 is 70.1 Å². The number of aromatic nitrogens is 6. The number of rotatable bonds is 6. The molecule has 9 heterocycles. The Morgan fingerprint density at radius 2 is 1.08 bits per heavy atom. The van der Waals surface area contributed by atoms with Crippen LogP contribution in [0.5, 0.6) is 46.3 Å². The van der Waals surface area contributed by atoms with Gasteiger partial charge in [-0.25, -0.2) is 24.3 Å². The van der Waals surface area contributed by atoms with E-state index >= 15 is 0 Å². The summed E-state index contributed by atoms with van der Waals surface area (Å²) in [4.78, 5) is 9.76. The van der Waals surface area contributed by atoms with Crippen LogP contribution < -0.4 is 56.3 Å². The van der Waals surface area contributed by atoms with Crippen molar-refractivity contribution in [2.45, 2.75) is 20.8 Å². The van der Waals surface area contributed by atoms with Gasteiger partial charge in [0, 0.05) is 60.4 Å². The maximum atomic E-state index is 6.56. The number of pyridine rings is 2. The molecule has 15 heteroatoms. The van der Waals surface area contributed by atoms with Crippen LogP contribution in [0.15, 0.2) is 138 Å². The van der Waals surface area contributed by atoms with Gasteiger partial charge in [0.05, 0.1) is 30.2 Å². The summed E-state index contributed by atoms with van der Waals surface area (Å²) in [6.45, 7) is 5.44. The molecule has 4 aliphatic heterocycles. The van der Waals surface area contributed by atoms with Gasteiger partial charge in [0.1, 0.15) is 23.0 Å². The van der Waals surface area contributed by atoms with Crippen molar-refractivity contribution in [1.29, 1.82) is 0 Å². The second kappa shape index (κ2) is 17.9. The zero-order valence-electron chi connectivity index (χ0n) is 40.2. The van der Waals surface area contributed by atoms with E-state index in [1.807, 2.05) is 125 Å². The number of aryl methyl sites for hydroxylation is 2. The first kappa shape index (κ1) is 46.8. The van der Waals surface area contributed by atoms with Gasteiger partial charge < -0.3 is 59.7 Å². The Hall–Kier alpha value is -7.97. The largest absolute Gasteiger partial charge is 4.00 e. The Labute approximate surface area is 461 Å². The number of hydrogen-bond donors (Lipinski definition) is 0. The number of imidazole rings is 1. The normalized spacial score (nSPS) is 12.7. The van der Waals surface area contributed by atoms with Gasteiger partial charge in [-0.1, -0.05) is 85.2 Å². The molecule has 11 aromatic rings. The number of hydrogen-bond acceptors (Lipinski definition) is 8. The average molecular weight is 1330 g/mol. The van der Waals surface area contributed by atoms with Gasteiger partial charge in [-0.3, -0.25) is 10.2 Å². The fraction of sp³-hybridized carbons (Fsp3) is 0.0667. The fourth-order valence-corrected chi connectivity index (χ4v) is 11.0. The minimum Gasteiger partial charge on any atom is -0.649 e. The second-order valence-corrected chi connectivity index (χ2v) is 18.5. The Kier molecular flexibility index (Phi) is 11.1. The van der Waals surface area contributed by atoms with Gasteiger partial charge >= 0.3 is 21.1 Å². The molecule has 0 saturated heterocycles. The predicted molar refractivity (Wildman–Crippen MR) is 275 cm³/mol. The first-order valence-corrected chi connectivity index (χ1v) is 23.9. The molecule has 0 saturated carbocycles. The molecule has 0 amide bonds. The molecule has 0 atom stereocenters. The van der Waals surface area contributed by atoms with Gasteiger partial charge in [-0.05, 0) is 67.5 Å². The zero-order valence-corrected chi connectivity index (χ0v) is 44.8. The monoisotopic (exact) mass is 1330 g/mol. The third-order valence-corrected chi connectivity index (χ3v) is 14.2. The van der Waals surface area contributed by atoms with Crippen LogP contribution in [0, 0.1) is 63.7 Å². The zero-order chi connectivity index (χ0) is 48.6. The molecule has 0 radical (unpaired) electrons. The van der Waals surface area contributed by atoms with Crippen LogP contribution in [0.25, 0.3) is 56.2 Å². The molecule has 75 heavy (non-hydrogen) atoms. The van der Waals surface area contributed by atoms with Gasteiger partial charge in [-0.2, -0.15) is 23.0 Å². The quantitative estimate of drug-likeness (QED) is 0.0959. The van der Waals surface area contributed by atoms with Crippen LogP contribution in [0.4, 0.5) is 0 Å². The molecule has 0 N–H and O–H groups in total. The minimum atomic E-state index is -0.376. The molecule has 11 nitrogen and oxygen atoms in total. The Bertz CT molecular complexity index is 3850. The molecule has 6 aromatic carbocycles. The van der Waals surface area contributed by atoms with Crippen LogP contribution in [-0.2, 0) is 49.2 Å². The van der Waals surface area contributed by atoms with Crippen LogP contribution in [0.1, 0.15) is 17.1 Å². The van der Waals surface area contributed by atoms with Crippen molar-refractivity contribution in [2.75, 3.05) is 0 Å². The molecule has 0 bridgehead atoms. The van der Waals surface area contributed by atoms with Gasteiger partial charge in [0.25, 0.3) is 0 Å². The number of benzene rings is 6. The van der Waals surface area contributed by atoms with Crippen molar-refractivity contribution >= 4 is 46.2 Å². The van der Waals surface area contributed by atoms with E-state index in [9.17, 15) is 0 Å². The van der Waals surface area contributed by atoms with Crippen LogP contribution in [-0.4, -0.2) is 37.7 Å². The van der Waals surface area contributed by atoms with Crippen molar-refractivity contribution in [3.63, 3.8) is 0 Å². The summed E-state index contributed by atoms with van der Waals surface area (Å²) in [6.07, 6.45) is 10.2. The number of fused-ring (bicyclic) bond motifs is 8. The molecule has 0 fully saturated rings. The van der Waals surface area contributed by atoms with E-state index in [0.29, 0.717) is 68.8 Å². The van der Waals surface area contributed by atoms with E-state index in [2.05, 4.69) is 81.0 Å². The van der Waals surface area contributed by atoms with E-state index in [1.165, 1.54) is 0 Å². The molecular formula is C60H34B2N6O5Pt2-2. The van der Waals surface area contributed by atoms with Crippen molar-refractivity contribution in [3.05, 3.63) is 194 Å². The second-order valence-electron chi connectivity index (χ2n) is 18.5. The summed E-state index contributed by atoms with van der Waals surface area (Å²) in [5.41, 5.74) is 15.5. The van der Waals surface area contributed by atoms with E-state index in [0.717, 1.165) is 83.5 Å². The first-order chi connectivity index (χ1) is 35.8. The minimum absolute atomic E-state index is 0. The topological polar surface area (TPSA) is 102 Å². The van der Waals surface area contributed by atoms with E-state index in [1.54, 1.807) is 12.4 Å². The van der Waals surface area contributed by atoms with E-state index in [4.69, 9.17) is 38.4 Å². The summed E-state index contributed by atoms with van der Waals surface area (Å²) in [5, 5.41) is 4.98. The average Bonchev–Trinajstić information content (AvgIpc) is 4.14. The molecule has 0 unspecified atom stereocenters. The molecule has 15 rings (SSSR count). The summed E-state index contributed by atoms with van der Waals surface area (Å²) in [6, 6.07) is 58.3. The van der Waals surface area contributed by atoms with Crippen LogP contribution >= 0.6 is 0 Å². The maximum absolute atomic E-state index is 6.56. The standard InChI is InChI=1S/C60H34B2N6O5.2Pt/c1-34-55(37-13-7-5-8-14-37)35(2)68(65-34)43-29-47-60(64-31-43)73-53-20-12-18-51-57(53)62(47)45-26-40(22-24-49(45)71-51)54-27-41(32-69-54)39-21-23-48-44(25-39)61-46-28-42(30-63-59(46)72-52-19-11-17-50(70-48)56(52)61)67-33-66(4)58(36(67)3)38-15-9-6-10-16-38;;/h5-24,30-31H,1-4H3;;/q-6;;+4. The summed E-state index contributed by atoms with van der Waals surface area (Å²) >= 11 is 0. The number of nitrogens with zero attached hydrogens (tertiary/aromatic N) is 6. The molecule has 362 valence electrons. The van der Waals surface area contributed by atoms with Crippen LogP contribution in [0.2, 0.25) is 0 Å². The van der Waals surface area contributed by atoms with Crippen molar-refractivity contribution in [3.8, 4) is 102 Å².